The molecule has 3 heteroatoms. The van der Waals surface area contributed by atoms with Gasteiger partial charge in [-0.15, -0.1) is 6.58 Å². The molecule has 1 aliphatic rings. The van der Waals surface area contributed by atoms with E-state index in [1.807, 2.05) is 13.0 Å². The van der Waals surface area contributed by atoms with Gasteiger partial charge in [0.05, 0.1) is 12.3 Å². The van der Waals surface area contributed by atoms with Crippen LogP contribution in [0.5, 0.6) is 5.88 Å². The Bertz CT molecular complexity index is 647. The van der Waals surface area contributed by atoms with Crippen molar-refractivity contribution in [2.45, 2.75) is 38.8 Å². The molecule has 0 bridgehead atoms. The van der Waals surface area contributed by atoms with E-state index in [0.717, 1.165) is 35.5 Å². The lowest BCUT2D eigenvalue weighted by atomic mass is 10.1. The summed E-state index contributed by atoms with van der Waals surface area (Å²) in [7, 11) is 0. The number of hydrogen-bond acceptors (Lipinski definition) is 3. The molecule has 1 aliphatic carbocycles. The first kappa shape index (κ1) is 14.1. The number of rotatable bonds is 7. The van der Waals surface area contributed by atoms with Gasteiger partial charge in [-0.3, -0.25) is 0 Å². The van der Waals surface area contributed by atoms with Crippen molar-refractivity contribution in [3.8, 4) is 5.88 Å². The molecule has 1 heterocycles. The fourth-order valence-electron chi connectivity index (χ4n) is 2.28. The third-order valence-electron chi connectivity index (χ3n) is 3.68. The number of aromatic nitrogens is 1. The fourth-order valence-corrected chi connectivity index (χ4v) is 2.28. The van der Waals surface area contributed by atoms with Crippen molar-refractivity contribution in [3.63, 3.8) is 0 Å². The summed E-state index contributed by atoms with van der Waals surface area (Å²) in [5, 5.41) is 5.77. The average Bonchev–Trinajstić information content (AvgIpc) is 3.29. The first-order valence-electron chi connectivity index (χ1n) is 7.61. The van der Waals surface area contributed by atoms with Gasteiger partial charge in [0.2, 0.25) is 5.88 Å². The van der Waals surface area contributed by atoms with Crippen LogP contribution in [-0.2, 0) is 6.54 Å². The van der Waals surface area contributed by atoms with Gasteiger partial charge in [0.1, 0.15) is 0 Å². The van der Waals surface area contributed by atoms with Gasteiger partial charge in [0.15, 0.2) is 0 Å². The van der Waals surface area contributed by atoms with Crippen LogP contribution in [0.4, 0.5) is 0 Å². The zero-order valence-corrected chi connectivity index (χ0v) is 12.6. The highest BCUT2D eigenvalue weighted by atomic mass is 16.5. The van der Waals surface area contributed by atoms with E-state index >= 15 is 0 Å². The fraction of sp³-hybridized carbons (Fsp3) is 0.389. The second kappa shape index (κ2) is 6.27. The van der Waals surface area contributed by atoms with Crippen molar-refractivity contribution in [1.29, 1.82) is 0 Å². The van der Waals surface area contributed by atoms with Gasteiger partial charge in [-0.1, -0.05) is 23.8 Å². The van der Waals surface area contributed by atoms with E-state index in [2.05, 4.69) is 41.1 Å². The lowest BCUT2D eigenvalue weighted by molar-refractivity contribution is 0.312. The molecule has 1 aromatic carbocycles. The molecule has 3 nitrogen and oxygen atoms in total. The summed E-state index contributed by atoms with van der Waals surface area (Å²) in [4.78, 5) is 4.68. The highest BCUT2D eigenvalue weighted by molar-refractivity contribution is 5.87. The van der Waals surface area contributed by atoms with Crippen LogP contribution in [-0.4, -0.2) is 17.6 Å². The minimum atomic E-state index is 0.631. The Morgan fingerprint density at radius 3 is 2.95 bits per heavy atom. The first-order chi connectivity index (χ1) is 10.2. The molecule has 0 amide bonds. The summed E-state index contributed by atoms with van der Waals surface area (Å²) >= 11 is 0. The van der Waals surface area contributed by atoms with Crippen molar-refractivity contribution in [1.82, 2.24) is 10.3 Å². The highest BCUT2D eigenvalue weighted by Gasteiger charge is 2.20. The van der Waals surface area contributed by atoms with Gasteiger partial charge in [0.25, 0.3) is 0 Å². The van der Waals surface area contributed by atoms with Crippen LogP contribution in [0, 0.1) is 0 Å². The molecule has 0 radical (unpaired) electrons. The molecule has 110 valence electrons. The third kappa shape index (κ3) is 3.82. The molecule has 0 spiro atoms. The van der Waals surface area contributed by atoms with Crippen LogP contribution < -0.4 is 10.1 Å². The Kier molecular flexibility index (Phi) is 4.20. The number of hydrogen-bond donors (Lipinski definition) is 1. The zero-order chi connectivity index (χ0) is 14.7. The van der Waals surface area contributed by atoms with Crippen molar-refractivity contribution >= 4 is 10.8 Å². The number of nitrogens with zero attached hydrogens (tertiary/aromatic N) is 1. The van der Waals surface area contributed by atoms with Gasteiger partial charge >= 0.3 is 0 Å². The minimum Gasteiger partial charge on any atom is -0.477 e. The Labute approximate surface area is 126 Å². The Hall–Kier alpha value is -1.87. The molecular formula is C18H22N2O. The van der Waals surface area contributed by atoms with Gasteiger partial charge in [-0.2, -0.15) is 0 Å². The molecule has 0 unspecified atom stereocenters. The van der Waals surface area contributed by atoms with E-state index in [0.29, 0.717) is 12.6 Å². The molecule has 1 saturated carbocycles. The van der Waals surface area contributed by atoms with Crippen molar-refractivity contribution in [3.05, 3.63) is 48.2 Å². The molecule has 3 rings (SSSR count). The van der Waals surface area contributed by atoms with E-state index in [1.165, 1.54) is 18.2 Å². The smallest absolute Gasteiger partial charge is 0.221 e. The van der Waals surface area contributed by atoms with E-state index in [9.17, 15) is 0 Å². The molecule has 1 fully saturated rings. The molecule has 1 aromatic heterocycles. The summed E-state index contributed by atoms with van der Waals surface area (Å²) in [6.07, 6.45) is 3.44. The van der Waals surface area contributed by atoms with E-state index in [4.69, 9.17) is 4.74 Å². The Morgan fingerprint density at radius 1 is 1.38 bits per heavy atom. The van der Waals surface area contributed by atoms with Gasteiger partial charge < -0.3 is 10.1 Å². The van der Waals surface area contributed by atoms with Crippen LogP contribution in [0.1, 0.15) is 31.9 Å². The Balaban J connectivity index is 1.81. The third-order valence-corrected chi connectivity index (χ3v) is 3.68. The lowest BCUT2D eigenvalue weighted by Gasteiger charge is -2.11. The van der Waals surface area contributed by atoms with Gasteiger partial charge in [0, 0.05) is 24.4 Å². The van der Waals surface area contributed by atoms with Gasteiger partial charge in [-0.25, -0.2) is 4.98 Å². The SMILES string of the molecule is C=C(C)CCOc1nc(CNC2CC2)cc2ccccc12. The summed E-state index contributed by atoms with van der Waals surface area (Å²) < 4.78 is 5.89. The first-order valence-corrected chi connectivity index (χ1v) is 7.61. The Morgan fingerprint density at radius 2 is 2.19 bits per heavy atom. The van der Waals surface area contributed by atoms with Crippen molar-refractivity contribution in [2.24, 2.45) is 0 Å². The standard InChI is InChI=1S/C18H22N2O/c1-13(2)9-10-21-18-17-6-4-3-5-14(17)11-16(20-18)12-19-15-7-8-15/h3-6,11,15,19H,1,7-10,12H2,2H3. The topological polar surface area (TPSA) is 34.1 Å². The molecule has 2 aromatic rings. The molecular weight excluding hydrogens is 260 g/mol. The summed E-state index contributed by atoms with van der Waals surface area (Å²) in [6, 6.07) is 11.1. The summed E-state index contributed by atoms with van der Waals surface area (Å²) in [6.45, 7) is 7.37. The summed E-state index contributed by atoms with van der Waals surface area (Å²) in [5.41, 5.74) is 2.18. The summed E-state index contributed by atoms with van der Waals surface area (Å²) in [5.74, 6) is 0.738. The maximum Gasteiger partial charge on any atom is 0.221 e. The number of fused-ring (bicyclic) bond motifs is 1. The second-order valence-electron chi connectivity index (χ2n) is 5.85. The average molecular weight is 282 g/mol. The molecule has 21 heavy (non-hydrogen) atoms. The minimum absolute atomic E-state index is 0.631. The largest absolute Gasteiger partial charge is 0.477 e. The molecule has 0 atom stereocenters. The van der Waals surface area contributed by atoms with Gasteiger partial charge in [-0.05, 0) is 37.3 Å². The van der Waals surface area contributed by atoms with Crippen molar-refractivity contribution < 1.29 is 4.74 Å². The van der Waals surface area contributed by atoms with Crippen LogP contribution in [0.25, 0.3) is 10.8 Å². The van der Waals surface area contributed by atoms with Crippen molar-refractivity contribution in [2.75, 3.05) is 6.61 Å². The van der Waals surface area contributed by atoms with Crippen LogP contribution in [0.2, 0.25) is 0 Å². The number of nitrogens with one attached hydrogen (secondary N) is 1. The highest BCUT2D eigenvalue weighted by Crippen LogP contribution is 2.25. The molecule has 0 aliphatic heterocycles. The second-order valence-corrected chi connectivity index (χ2v) is 5.85. The monoisotopic (exact) mass is 282 g/mol. The quantitative estimate of drug-likeness (QED) is 0.784. The predicted octanol–water partition coefficient (Wildman–Crippen LogP) is 3.83. The van der Waals surface area contributed by atoms with Crippen LogP contribution in [0.15, 0.2) is 42.5 Å². The maximum absolute atomic E-state index is 5.89. The number of ether oxygens (including phenoxy) is 1. The van der Waals surface area contributed by atoms with Crippen LogP contribution >= 0.6 is 0 Å². The lowest BCUT2D eigenvalue weighted by Crippen LogP contribution is -2.16. The van der Waals surface area contributed by atoms with E-state index in [1.54, 1.807) is 0 Å². The number of benzene rings is 1. The zero-order valence-electron chi connectivity index (χ0n) is 12.6. The maximum atomic E-state index is 5.89. The predicted molar refractivity (Wildman–Crippen MR) is 86.5 cm³/mol. The van der Waals surface area contributed by atoms with E-state index in [-0.39, 0.29) is 0 Å². The van der Waals surface area contributed by atoms with E-state index < -0.39 is 0 Å². The molecule has 0 saturated heterocycles. The van der Waals surface area contributed by atoms with Crippen LogP contribution in [0.3, 0.4) is 0 Å². The number of pyridine rings is 1. The molecule has 1 N–H and O–H groups in total. The normalized spacial score (nSPS) is 14.3.